The van der Waals surface area contributed by atoms with E-state index in [1.807, 2.05) is 12.1 Å². The van der Waals surface area contributed by atoms with Crippen molar-refractivity contribution in [1.82, 2.24) is 4.90 Å². The Morgan fingerprint density at radius 2 is 1.81 bits per heavy atom. The van der Waals surface area contributed by atoms with Gasteiger partial charge in [-0.05, 0) is 48.9 Å². The third kappa shape index (κ3) is 5.25. The Labute approximate surface area is 209 Å². The monoisotopic (exact) mass is 497 g/mol. The van der Waals surface area contributed by atoms with Gasteiger partial charge in [0.25, 0.3) is 0 Å². The van der Waals surface area contributed by atoms with Crippen molar-refractivity contribution in [3.05, 3.63) is 48.0 Å². The summed E-state index contributed by atoms with van der Waals surface area (Å²) in [6.07, 6.45) is -0.372. The van der Waals surface area contributed by atoms with Crippen LogP contribution in [0.15, 0.2) is 42.5 Å². The fraction of sp³-hybridized carbons (Fsp3) is 0.462. The average molecular weight is 498 g/mol. The first kappa shape index (κ1) is 24.4. The predicted molar refractivity (Wildman–Crippen MR) is 132 cm³/mol. The second-order valence-corrected chi connectivity index (χ2v) is 9.16. The van der Waals surface area contributed by atoms with Crippen LogP contribution in [0.2, 0.25) is 0 Å². The van der Waals surface area contributed by atoms with Gasteiger partial charge in [-0.2, -0.15) is 0 Å². The van der Waals surface area contributed by atoms with E-state index < -0.39 is 6.10 Å². The van der Waals surface area contributed by atoms with E-state index in [1.165, 1.54) is 0 Å². The van der Waals surface area contributed by atoms with Gasteiger partial charge in [-0.1, -0.05) is 0 Å². The number of methoxy groups -OCH3 is 1. The highest BCUT2D eigenvalue weighted by molar-refractivity contribution is 5.99. The van der Waals surface area contributed by atoms with Crippen LogP contribution < -0.4 is 20.1 Å². The number of fused-ring (bicyclic) bond motifs is 3. The molecule has 0 bridgehead atoms. The number of hydrogen-bond acceptors (Lipinski definition) is 7. The van der Waals surface area contributed by atoms with E-state index in [0.29, 0.717) is 55.6 Å². The smallest absolute Gasteiger partial charge is 0.323 e. The summed E-state index contributed by atoms with van der Waals surface area (Å²) in [5, 5.41) is 15.6. The lowest BCUT2D eigenvalue weighted by Gasteiger charge is -2.38. The zero-order valence-electron chi connectivity index (χ0n) is 20.1. The van der Waals surface area contributed by atoms with Gasteiger partial charge in [0, 0.05) is 35.9 Å². The molecular weight excluding hydrogens is 466 g/mol. The molecule has 10 nitrogen and oxygen atoms in total. The molecule has 0 saturated carbocycles. The maximum atomic E-state index is 12.8. The number of hydrogen-bond donors (Lipinski definition) is 3. The van der Waals surface area contributed by atoms with Crippen molar-refractivity contribution in [2.45, 2.75) is 37.1 Å². The van der Waals surface area contributed by atoms with Crippen LogP contribution in [-0.4, -0.2) is 80.3 Å². The van der Waals surface area contributed by atoms with Gasteiger partial charge in [-0.3, -0.25) is 4.79 Å². The number of urea groups is 1. The van der Waals surface area contributed by atoms with Gasteiger partial charge in [0.1, 0.15) is 23.7 Å². The van der Waals surface area contributed by atoms with Crippen molar-refractivity contribution >= 4 is 23.3 Å². The predicted octanol–water partition coefficient (Wildman–Crippen LogP) is 2.58. The van der Waals surface area contributed by atoms with Crippen LogP contribution >= 0.6 is 0 Å². The minimum Gasteiger partial charge on any atom is -0.497 e. The summed E-state index contributed by atoms with van der Waals surface area (Å²) in [6, 6.07) is 12.2. The Kier molecular flexibility index (Phi) is 7.26. The molecule has 3 aliphatic rings. The van der Waals surface area contributed by atoms with E-state index in [-0.39, 0.29) is 43.1 Å². The number of aliphatic hydroxyl groups is 1. The highest BCUT2D eigenvalue weighted by atomic mass is 16.6. The number of carbonyl (C=O) groups is 2. The summed E-state index contributed by atoms with van der Waals surface area (Å²) in [7, 11) is 1.59. The summed E-state index contributed by atoms with van der Waals surface area (Å²) in [5.74, 6) is 1.38. The minimum absolute atomic E-state index is 0.0307. The quantitative estimate of drug-likeness (QED) is 0.561. The van der Waals surface area contributed by atoms with Crippen LogP contribution in [0.4, 0.5) is 16.2 Å². The van der Waals surface area contributed by atoms with Crippen LogP contribution in [0.5, 0.6) is 11.5 Å². The zero-order valence-corrected chi connectivity index (χ0v) is 20.1. The maximum absolute atomic E-state index is 12.8. The Balaban J connectivity index is 1.26. The van der Waals surface area contributed by atoms with Gasteiger partial charge >= 0.3 is 6.03 Å². The van der Waals surface area contributed by atoms with Crippen LogP contribution in [0.25, 0.3) is 0 Å². The topological polar surface area (TPSA) is 119 Å². The molecule has 0 spiro atoms. The summed E-state index contributed by atoms with van der Waals surface area (Å²) in [4.78, 5) is 27.1. The van der Waals surface area contributed by atoms with Gasteiger partial charge in [-0.15, -0.1) is 0 Å². The Morgan fingerprint density at radius 1 is 1.08 bits per heavy atom. The number of benzene rings is 2. The first-order valence-corrected chi connectivity index (χ1v) is 12.2. The SMILES string of the molecule is COc1ccc(NC(=O)Nc2ccc3c(c2)[C@@H]2C[C@H](CC(=O)N4CCOCC4)O[C@@H](CO)[C@@H]2O3)cc1. The fourth-order valence-corrected chi connectivity index (χ4v) is 5.07. The highest BCUT2D eigenvalue weighted by Crippen LogP contribution is 2.47. The highest BCUT2D eigenvalue weighted by Gasteiger charge is 2.46. The molecule has 10 heteroatoms. The lowest BCUT2D eigenvalue weighted by molar-refractivity contribution is -0.151. The summed E-state index contributed by atoms with van der Waals surface area (Å²) < 4.78 is 22.7. The van der Waals surface area contributed by atoms with Crippen LogP contribution in [0.3, 0.4) is 0 Å². The van der Waals surface area contributed by atoms with Gasteiger partial charge in [0.2, 0.25) is 5.91 Å². The molecule has 5 rings (SSSR count). The zero-order chi connectivity index (χ0) is 25.1. The molecule has 2 aromatic carbocycles. The molecule has 36 heavy (non-hydrogen) atoms. The van der Waals surface area contributed by atoms with Gasteiger partial charge < -0.3 is 39.6 Å². The number of ether oxygens (including phenoxy) is 4. The van der Waals surface area contributed by atoms with Crippen LogP contribution in [0.1, 0.15) is 24.3 Å². The van der Waals surface area contributed by atoms with Gasteiger partial charge in [0.05, 0.1) is 39.5 Å². The number of morpholine rings is 1. The molecule has 2 fully saturated rings. The summed E-state index contributed by atoms with van der Waals surface area (Å²) >= 11 is 0. The van der Waals surface area contributed by atoms with E-state index >= 15 is 0 Å². The number of anilines is 2. The number of amides is 3. The van der Waals surface area contributed by atoms with Gasteiger partial charge in [0.15, 0.2) is 0 Å². The fourth-order valence-electron chi connectivity index (χ4n) is 5.07. The number of aliphatic hydroxyl groups excluding tert-OH is 1. The van der Waals surface area contributed by atoms with E-state index in [0.717, 1.165) is 5.56 Å². The molecule has 2 saturated heterocycles. The van der Waals surface area contributed by atoms with Crippen molar-refractivity contribution in [2.75, 3.05) is 50.7 Å². The molecule has 4 atom stereocenters. The molecular formula is C26H31N3O7. The van der Waals surface area contributed by atoms with E-state index in [2.05, 4.69) is 10.6 Å². The third-order valence-electron chi connectivity index (χ3n) is 6.87. The Morgan fingerprint density at radius 3 is 2.53 bits per heavy atom. The van der Waals surface area contributed by atoms with Gasteiger partial charge in [-0.25, -0.2) is 4.79 Å². The number of nitrogens with one attached hydrogen (secondary N) is 2. The molecule has 192 valence electrons. The van der Waals surface area contributed by atoms with Crippen molar-refractivity contribution in [1.29, 1.82) is 0 Å². The second-order valence-electron chi connectivity index (χ2n) is 9.16. The van der Waals surface area contributed by atoms with Crippen LogP contribution in [0, 0.1) is 0 Å². The maximum Gasteiger partial charge on any atom is 0.323 e. The van der Waals surface area contributed by atoms with E-state index in [4.69, 9.17) is 18.9 Å². The second kappa shape index (κ2) is 10.7. The Hall–Kier alpha value is -3.34. The third-order valence-corrected chi connectivity index (χ3v) is 6.87. The molecule has 2 aromatic rings. The Bertz CT molecular complexity index is 1090. The number of rotatable bonds is 6. The molecule has 3 aliphatic heterocycles. The largest absolute Gasteiger partial charge is 0.497 e. The summed E-state index contributed by atoms with van der Waals surface area (Å²) in [5.41, 5.74) is 2.20. The lowest BCUT2D eigenvalue weighted by atomic mass is 9.84. The van der Waals surface area contributed by atoms with Crippen molar-refractivity contribution < 1.29 is 33.6 Å². The number of carbonyl (C=O) groups excluding carboxylic acids is 2. The normalized spacial score (nSPS) is 24.8. The number of nitrogens with zero attached hydrogens (tertiary/aromatic N) is 1. The first-order chi connectivity index (χ1) is 17.5. The van der Waals surface area contributed by atoms with Crippen molar-refractivity contribution in [2.24, 2.45) is 0 Å². The van der Waals surface area contributed by atoms with Crippen molar-refractivity contribution in [3.63, 3.8) is 0 Å². The first-order valence-electron chi connectivity index (χ1n) is 12.2. The molecule has 3 heterocycles. The molecule has 0 aliphatic carbocycles. The lowest BCUT2D eigenvalue weighted by Crippen LogP contribution is -2.48. The molecule has 0 unspecified atom stereocenters. The van der Waals surface area contributed by atoms with E-state index in [1.54, 1.807) is 42.3 Å². The average Bonchev–Trinajstić information content (AvgIpc) is 3.27. The molecule has 0 radical (unpaired) electrons. The molecule has 3 N–H and O–H groups in total. The molecule has 3 amide bonds. The van der Waals surface area contributed by atoms with Crippen molar-refractivity contribution in [3.8, 4) is 11.5 Å². The molecule has 0 aromatic heterocycles. The minimum atomic E-state index is -0.534. The van der Waals surface area contributed by atoms with E-state index in [9.17, 15) is 14.7 Å². The summed E-state index contributed by atoms with van der Waals surface area (Å²) in [6.45, 7) is 2.06. The standard InChI is InChI=1S/C26H31N3O7/c1-33-18-5-2-16(3-6-18)27-26(32)28-17-4-7-22-20(12-17)21-13-19(35-23(15-30)25(21)36-22)14-24(31)29-8-10-34-11-9-29/h2-7,12,19,21,23,25,30H,8-11,13-15H2,1H3,(H2,27,28,32)/t19-,21+,23+,25-/m1/s1. The van der Waals surface area contributed by atoms with Crippen LogP contribution in [-0.2, 0) is 14.3 Å².